The van der Waals surface area contributed by atoms with Gasteiger partial charge in [-0.05, 0) is 30.7 Å². The van der Waals surface area contributed by atoms with E-state index in [2.05, 4.69) is 15.8 Å². The van der Waals surface area contributed by atoms with E-state index in [4.69, 9.17) is 4.74 Å². The van der Waals surface area contributed by atoms with Crippen LogP contribution in [0.5, 0.6) is 5.75 Å². The molecule has 0 aromatic heterocycles. The average Bonchev–Trinajstić information content (AvgIpc) is 2.80. The van der Waals surface area contributed by atoms with Crippen molar-refractivity contribution in [2.24, 2.45) is 4.99 Å². The summed E-state index contributed by atoms with van der Waals surface area (Å²) >= 11 is 0. The molecule has 0 bridgehead atoms. The van der Waals surface area contributed by atoms with E-state index in [1.54, 1.807) is 7.11 Å². The maximum absolute atomic E-state index is 5.08. The van der Waals surface area contributed by atoms with Gasteiger partial charge in [-0.25, -0.2) is 0 Å². The van der Waals surface area contributed by atoms with E-state index < -0.39 is 0 Å². The Bertz CT molecular complexity index is 351. The molecule has 0 saturated heterocycles. The van der Waals surface area contributed by atoms with Crippen LogP contribution in [-0.4, -0.2) is 19.5 Å². The van der Waals surface area contributed by atoms with Crippen molar-refractivity contribution < 1.29 is 4.74 Å². The number of hydrogen-bond acceptors (Lipinski definition) is 4. The Labute approximate surface area is 101 Å². The van der Waals surface area contributed by atoms with Crippen LogP contribution in [0.3, 0.4) is 0 Å². The number of methoxy groups -OCH3 is 1. The molecule has 0 unspecified atom stereocenters. The Morgan fingerprint density at radius 1 is 1.19 bits per heavy atom. The molecule has 2 rings (SSSR count). The summed E-state index contributed by atoms with van der Waals surface area (Å²) in [4.78, 5) is 4.30. The first-order valence-corrected chi connectivity index (χ1v) is 5.08. The molecule has 0 saturated carbocycles. The maximum atomic E-state index is 5.08. The van der Waals surface area contributed by atoms with Crippen molar-refractivity contribution in [3.63, 3.8) is 0 Å². The lowest BCUT2D eigenvalue weighted by Crippen LogP contribution is -2.27. The minimum Gasteiger partial charge on any atom is -0.497 e. The highest BCUT2D eigenvalue weighted by molar-refractivity contribution is 5.85. The van der Waals surface area contributed by atoms with Crippen LogP contribution in [-0.2, 0) is 0 Å². The molecule has 88 valence electrons. The number of anilines is 1. The molecule has 4 nitrogen and oxygen atoms in total. The lowest BCUT2D eigenvalue weighted by Gasteiger charge is -2.09. The third-order valence-corrected chi connectivity index (χ3v) is 2.32. The second kappa shape index (κ2) is 6.23. The number of hydrazine groups is 1. The quantitative estimate of drug-likeness (QED) is 0.798. The van der Waals surface area contributed by atoms with Gasteiger partial charge in [0.2, 0.25) is 0 Å². The number of aliphatic imine (C=N–C) groups is 1. The zero-order valence-corrected chi connectivity index (χ0v) is 10.0. The van der Waals surface area contributed by atoms with Crippen molar-refractivity contribution >= 4 is 23.9 Å². The van der Waals surface area contributed by atoms with Gasteiger partial charge in [-0.1, -0.05) is 0 Å². The SMILES string of the molecule is COc1ccc(NNC2=NCCC2)cc1.Cl. The van der Waals surface area contributed by atoms with Crippen LogP contribution in [0.1, 0.15) is 12.8 Å². The topological polar surface area (TPSA) is 45.6 Å². The minimum atomic E-state index is 0. The number of halogens is 1. The maximum Gasteiger partial charge on any atom is 0.119 e. The number of benzene rings is 1. The van der Waals surface area contributed by atoms with Crippen molar-refractivity contribution in [1.82, 2.24) is 5.43 Å². The predicted octanol–water partition coefficient (Wildman–Crippen LogP) is 2.23. The van der Waals surface area contributed by atoms with Crippen LogP contribution in [0.25, 0.3) is 0 Å². The summed E-state index contributed by atoms with van der Waals surface area (Å²) in [6.45, 7) is 0.937. The van der Waals surface area contributed by atoms with Gasteiger partial charge < -0.3 is 4.74 Å². The second-order valence-electron chi connectivity index (χ2n) is 3.41. The van der Waals surface area contributed by atoms with Crippen molar-refractivity contribution in [3.05, 3.63) is 24.3 Å². The molecule has 1 aliphatic rings. The zero-order valence-electron chi connectivity index (χ0n) is 9.19. The van der Waals surface area contributed by atoms with E-state index in [0.29, 0.717) is 0 Å². The third-order valence-electron chi connectivity index (χ3n) is 2.32. The highest BCUT2D eigenvalue weighted by atomic mass is 35.5. The summed E-state index contributed by atoms with van der Waals surface area (Å²) in [7, 11) is 1.66. The van der Waals surface area contributed by atoms with Gasteiger partial charge in [-0.2, -0.15) is 0 Å². The fraction of sp³-hybridized carbons (Fsp3) is 0.364. The normalized spacial score (nSPS) is 13.7. The number of hydrogen-bond donors (Lipinski definition) is 2. The van der Waals surface area contributed by atoms with E-state index in [9.17, 15) is 0 Å². The van der Waals surface area contributed by atoms with Gasteiger partial charge in [0.05, 0.1) is 12.8 Å². The fourth-order valence-electron chi connectivity index (χ4n) is 1.46. The smallest absolute Gasteiger partial charge is 0.119 e. The first-order valence-electron chi connectivity index (χ1n) is 5.08. The Morgan fingerprint density at radius 2 is 1.94 bits per heavy atom. The van der Waals surface area contributed by atoms with Crippen LogP contribution in [0.2, 0.25) is 0 Å². The van der Waals surface area contributed by atoms with E-state index in [1.807, 2.05) is 24.3 Å². The van der Waals surface area contributed by atoms with Crippen molar-refractivity contribution in [1.29, 1.82) is 0 Å². The molecule has 0 amide bonds. The summed E-state index contributed by atoms with van der Waals surface area (Å²) in [6.07, 6.45) is 2.18. The van der Waals surface area contributed by atoms with Crippen LogP contribution in [0.4, 0.5) is 5.69 Å². The number of ether oxygens (including phenoxy) is 1. The summed E-state index contributed by atoms with van der Waals surface area (Å²) in [5.74, 6) is 1.89. The number of rotatable bonds is 3. The first-order chi connectivity index (χ1) is 7.38. The van der Waals surface area contributed by atoms with Crippen molar-refractivity contribution in [2.75, 3.05) is 19.1 Å². The molecule has 5 heteroatoms. The van der Waals surface area contributed by atoms with Gasteiger partial charge in [-0.3, -0.25) is 15.8 Å². The fourth-order valence-corrected chi connectivity index (χ4v) is 1.46. The Morgan fingerprint density at radius 3 is 2.50 bits per heavy atom. The molecule has 1 aliphatic heterocycles. The molecular weight excluding hydrogens is 226 g/mol. The Kier molecular flexibility index (Phi) is 4.92. The molecule has 0 fully saturated rings. The van der Waals surface area contributed by atoms with E-state index in [-0.39, 0.29) is 12.4 Å². The molecule has 2 N–H and O–H groups in total. The Hall–Kier alpha value is -1.42. The Balaban J connectivity index is 0.00000128. The molecule has 0 radical (unpaired) electrons. The summed E-state index contributed by atoms with van der Waals surface area (Å²) in [6, 6.07) is 7.75. The summed E-state index contributed by atoms with van der Waals surface area (Å²) in [5.41, 5.74) is 7.20. The van der Waals surface area contributed by atoms with E-state index in [1.165, 1.54) is 0 Å². The minimum absolute atomic E-state index is 0. The van der Waals surface area contributed by atoms with Gasteiger partial charge in [0.1, 0.15) is 11.6 Å². The van der Waals surface area contributed by atoms with Crippen molar-refractivity contribution in [3.8, 4) is 5.75 Å². The molecule has 1 aromatic rings. The number of nitrogens with one attached hydrogen (secondary N) is 2. The third kappa shape index (κ3) is 3.31. The number of nitrogens with zero attached hydrogens (tertiary/aromatic N) is 1. The van der Waals surface area contributed by atoms with Crippen molar-refractivity contribution in [2.45, 2.75) is 12.8 Å². The zero-order chi connectivity index (χ0) is 10.5. The molecule has 1 aromatic carbocycles. The monoisotopic (exact) mass is 241 g/mol. The molecule has 0 atom stereocenters. The van der Waals surface area contributed by atoms with E-state index >= 15 is 0 Å². The van der Waals surface area contributed by atoms with Gasteiger partial charge in [-0.15, -0.1) is 12.4 Å². The molecule has 1 heterocycles. The number of amidine groups is 1. The van der Waals surface area contributed by atoms with Crippen LogP contribution >= 0.6 is 12.4 Å². The molecule has 0 aliphatic carbocycles. The van der Waals surface area contributed by atoms with Gasteiger partial charge >= 0.3 is 0 Å². The molecule has 0 spiro atoms. The standard InChI is InChI=1S/C11H15N3O.ClH/c1-15-10-6-4-9(5-7-10)13-14-11-3-2-8-12-11;/h4-7,13H,2-3,8H2,1H3,(H,12,14);1H. The largest absolute Gasteiger partial charge is 0.497 e. The second-order valence-corrected chi connectivity index (χ2v) is 3.41. The highest BCUT2D eigenvalue weighted by Crippen LogP contribution is 2.14. The van der Waals surface area contributed by atoms with Gasteiger partial charge in [0.15, 0.2) is 0 Å². The van der Waals surface area contributed by atoms with Gasteiger partial charge in [0, 0.05) is 13.0 Å². The van der Waals surface area contributed by atoms with Crippen LogP contribution in [0, 0.1) is 0 Å². The molecule has 16 heavy (non-hydrogen) atoms. The van der Waals surface area contributed by atoms with Crippen LogP contribution < -0.4 is 15.6 Å². The lowest BCUT2D eigenvalue weighted by atomic mass is 10.3. The highest BCUT2D eigenvalue weighted by Gasteiger charge is 2.04. The lowest BCUT2D eigenvalue weighted by molar-refractivity contribution is 0.415. The molecular formula is C11H16ClN3O. The summed E-state index contributed by atoms with van der Waals surface area (Å²) in [5, 5.41) is 0. The van der Waals surface area contributed by atoms with Crippen LogP contribution in [0.15, 0.2) is 29.3 Å². The summed E-state index contributed by atoms with van der Waals surface area (Å²) < 4.78 is 5.08. The van der Waals surface area contributed by atoms with Gasteiger partial charge in [0.25, 0.3) is 0 Å². The average molecular weight is 242 g/mol. The van der Waals surface area contributed by atoms with E-state index in [0.717, 1.165) is 36.7 Å². The first kappa shape index (κ1) is 12.6. The predicted molar refractivity (Wildman–Crippen MR) is 68.5 cm³/mol.